The predicted octanol–water partition coefficient (Wildman–Crippen LogP) is 3.31. The maximum absolute atomic E-state index is 12.3. The average molecular weight is 262 g/mol. The highest BCUT2D eigenvalue weighted by molar-refractivity contribution is 5.81. The van der Waals surface area contributed by atoms with Gasteiger partial charge in [0.15, 0.2) is 0 Å². The van der Waals surface area contributed by atoms with Gasteiger partial charge in [-0.05, 0) is 38.8 Å². The van der Waals surface area contributed by atoms with Crippen molar-refractivity contribution in [3.63, 3.8) is 0 Å². The van der Waals surface area contributed by atoms with Crippen molar-refractivity contribution in [2.24, 2.45) is 5.41 Å². The molecule has 0 aliphatic carbocycles. The molecule has 3 nitrogen and oxygen atoms in total. The Morgan fingerprint density at radius 2 is 1.58 bits per heavy atom. The summed E-state index contributed by atoms with van der Waals surface area (Å²) in [5.74, 6) is 0.284. The summed E-state index contributed by atoms with van der Waals surface area (Å²) in [4.78, 5) is 14.3. The maximum Gasteiger partial charge on any atom is 0.227 e. The van der Waals surface area contributed by atoms with Gasteiger partial charge in [0.05, 0.1) is 0 Å². The summed E-state index contributed by atoms with van der Waals surface area (Å²) in [7, 11) is 0. The number of carbonyl (C=O) groups excluding carboxylic acids is 1. The van der Waals surface area contributed by atoms with Crippen LogP contribution in [-0.4, -0.2) is 28.5 Å². The van der Waals surface area contributed by atoms with Gasteiger partial charge in [-0.2, -0.15) is 0 Å². The molecule has 0 radical (unpaired) electrons. The van der Waals surface area contributed by atoms with Crippen molar-refractivity contribution >= 4 is 5.91 Å². The van der Waals surface area contributed by atoms with Crippen LogP contribution < -0.4 is 0 Å². The van der Waals surface area contributed by atoms with Gasteiger partial charge in [0, 0.05) is 35.9 Å². The normalized spacial score (nSPS) is 17.8. The Labute approximate surface area is 116 Å². The van der Waals surface area contributed by atoms with E-state index >= 15 is 0 Å². The van der Waals surface area contributed by atoms with Crippen LogP contribution in [0.1, 0.15) is 51.0 Å². The van der Waals surface area contributed by atoms with Gasteiger partial charge in [-0.3, -0.25) is 4.79 Å². The quantitative estimate of drug-likeness (QED) is 0.762. The van der Waals surface area contributed by atoms with E-state index in [2.05, 4.69) is 30.5 Å². The molecule has 0 bridgehead atoms. The lowest BCUT2D eigenvalue weighted by Crippen LogP contribution is -2.44. The number of hydrogen-bond donors (Lipinski definition) is 0. The summed E-state index contributed by atoms with van der Waals surface area (Å²) in [6, 6.07) is 4.92. The molecule has 0 spiro atoms. The molecule has 0 N–H and O–H groups in total. The van der Waals surface area contributed by atoms with Crippen molar-refractivity contribution in [3.8, 4) is 0 Å². The molecule has 106 valence electrons. The van der Waals surface area contributed by atoms with Gasteiger partial charge in [0.25, 0.3) is 0 Å². The van der Waals surface area contributed by atoms with Crippen LogP contribution in [0.5, 0.6) is 0 Å². The molecule has 1 aromatic heterocycles. The lowest BCUT2D eigenvalue weighted by Gasteiger charge is -2.37. The average Bonchev–Trinajstić information content (AvgIpc) is 2.67. The Balaban J connectivity index is 2.02. The topological polar surface area (TPSA) is 25.2 Å². The van der Waals surface area contributed by atoms with Crippen molar-refractivity contribution in [3.05, 3.63) is 23.5 Å². The van der Waals surface area contributed by atoms with E-state index in [9.17, 15) is 4.79 Å². The number of piperidine rings is 1. The van der Waals surface area contributed by atoms with E-state index in [1.54, 1.807) is 0 Å². The van der Waals surface area contributed by atoms with Crippen LogP contribution in [-0.2, 0) is 4.79 Å². The van der Waals surface area contributed by atoms with Crippen molar-refractivity contribution in [2.45, 2.75) is 53.5 Å². The minimum atomic E-state index is -0.258. The largest absolute Gasteiger partial charge is 0.346 e. The first kappa shape index (κ1) is 14.2. The smallest absolute Gasteiger partial charge is 0.227 e. The number of nitrogens with zero attached hydrogens (tertiary/aromatic N) is 2. The van der Waals surface area contributed by atoms with E-state index in [1.807, 2.05) is 25.7 Å². The first-order chi connectivity index (χ1) is 8.80. The lowest BCUT2D eigenvalue weighted by molar-refractivity contribution is -0.140. The third-order valence-electron chi connectivity index (χ3n) is 4.08. The second-order valence-corrected chi connectivity index (χ2v) is 6.76. The van der Waals surface area contributed by atoms with E-state index in [0.717, 1.165) is 25.9 Å². The standard InChI is InChI=1S/C16H26N2O/c1-12-6-7-13(2)18(12)14-8-10-17(11-9-14)15(19)16(3,4)5/h6-7,14H,8-11H2,1-5H3. The number of hydrogen-bond acceptors (Lipinski definition) is 1. The van der Waals surface area contributed by atoms with Crippen LogP contribution in [0.2, 0.25) is 0 Å². The number of carbonyl (C=O) groups is 1. The van der Waals surface area contributed by atoms with Gasteiger partial charge in [0.2, 0.25) is 5.91 Å². The van der Waals surface area contributed by atoms with Crippen molar-refractivity contribution in [1.82, 2.24) is 9.47 Å². The minimum Gasteiger partial charge on any atom is -0.346 e. The first-order valence-corrected chi connectivity index (χ1v) is 7.24. The molecule has 1 amide bonds. The second-order valence-electron chi connectivity index (χ2n) is 6.76. The van der Waals surface area contributed by atoms with E-state index in [0.29, 0.717) is 6.04 Å². The monoisotopic (exact) mass is 262 g/mol. The fourth-order valence-electron chi connectivity index (χ4n) is 3.06. The molecule has 0 atom stereocenters. The zero-order chi connectivity index (χ0) is 14.2. The van der Waals surface area contributed by atoms with Crippen LogP contribution in [0.25, 0.3) is 0 Å². The minimum absolute atomic E-state index is 0.258. The van der Waals surface area contributed by atoms with E-state index in [4.69, 9.17) is 0 Å². The highest BCUT2D eigenvalue weighted by atomic mass is 16.2. The van der Waals surface area contributed by atoms with Crippen molar-refractivity contribution in [2.75, 3.05) is 13.1 Å². The molecule has 1 aliphatic rings. The number of aromatic nitrogens is 1. The fraction of sp³-hybridized carbons (Fsp3) is 0.688. The van der Waals surface area contributed by atoms with Crippen LogP contribution in [0.4, 0.5) is 0 Å². The number of amides is 1. The Kier molecular flexibility index (Phi) is 3.75. The zero-order valence-corrected chi connectivity index (χ0v) is 12.9. The Morgan fingerprint density at radius 3 is 2.00 bits per heavy atom. The van der Waals surface area contributed by atoms with Gasteiger partial charge in [-0.1, -0.05) is 20.8 Å². The molecule has 1 fully saturated rings. The van der Waals surface area contributed by atoms with Gasteiger partial charge >= 0.3 is 0 Å². The van der Waals surface area contributed by atoms with E-state index < -0.39 is 0 Å². The summed E-state index contributed by atoms with van der Waals surface area (Å²) in [6.45, 7) is 12.1. The molecule has 1 saturated heterocycles. The van der Waals surface area contributed by atoms with Crippen LogP contribution in [0.3, 0.4) is 0 Å². The van der Waals surface area contributed by atoms with Crippen LogP contribution in [0.15, 0.2) is 12.1 Å². The maximum atomic E-state index is 12.3. The number of aryl methyl sites for hydroxylation is 2. The molecule has 19 heavy (non-hydrogen) atoms. The van der Waals surface area contributed by atoms with Crippen LogP contribution >= 0.6 is 0 Å². The number of rotatable bonds is 1. The number of likely N-dealkylation sites (tertiary alicyclic amines) is 1. The Bertz CT molecular complexity index is 440. The predicted molar refractivity (Wildman–Crippen MR) is 78.2 cm³/mol. The molecular weight excluding hydrogens is 236 g/mol. The summed E-state index contributed by atoms with van der Waals surface area (Å²) in [5.41, 5.74) is 2.41. The lowest BCUT2D eigenvalue weighted by atomic mass is 9.93. The molecule has 1 aliphatic heterocycles. The van der Waals surface area contributed by atoms with Crippen molar-refractivity contribution in [1.29, 1.82) is 0 Å². The van der Waals surface area contributed by atoms with Crippen LogP contribution in [0, 0.1) is 19.3 Å². The molecule has 3 heteroatoms. The first-order valence-electron chi connectivity index (χ1n) is 7.24. The molecule has 2 heterocycles. The fourth-order valence-corrected chi connectivity index (χ4v) is 3.06. The summed E-state index contributed by atoms with van der Waals surface area (Å²) < 4.78 is 2.43. The summed E-state index contributed by atoms with van der Waals surface area (Å²) in [6.07, 6.45) is 2.14. The van der Waals surface area contributed by atoms with Gasteiger partial charge < -0.3 is 9.47 Å². The molecule has 0 saturated carbocycles. The second kappa shape index (κ2) is 5.03. The molecule has 0 aromatic carbocycles. The summed E-state index contributed by atoms with van der Waals surface area (Å²) in [5, 5.41) is 0. The molecule has 1 aromatic rings. The third-order valence-corrected chi connectivity index (χ3v) is 4.08. The molecule has 0 unspecified atom stereocenters. The van der Waals surface area contributed by atoms with Gasteiger partial charge in [0.1, 0.15) is 0 Å². The van der Waals surface area contributed by atoms with Gasteiger partial charge in [-0.25, -0.2) is 0 Å². The van der Waals surface area contributed by atoms with E-state index in [-0.39, 0.29) is 11.3 Å². The Hall–Kier alpha value is -1.25. The zero-order valence-electron chi connectivity index (χ0n) is 12.9. The summed E-state index contributed by atoms with van der Waals surface area (Å²) >= 11 is 0. The Morgan fingerprint density at radius 1 is 1.11 bits per heavy atom. The molecular formula is C16H26N2O. The SMILES string of the molecule is Cc1ccc(C)n1C1CCN(C(=O)C(C)(C)C)CC1. The highest BCUT2D eigenvalue weighted by Crippen LogP contribution is 2.28. The molecule has 2 rings (SSSR count). The van der Waals surface area contributed by atoms with Gasteiger partial charge in [-0.15, -0.1) is 0 Å². The third kappa shape index (κ3) is 2.85. The van der Waals surface area contributed by atoms with E-state index in [1.165, 1.54) is 11.4 Å². The highest BCUT2D eigenvalue weighted by Gasteiger charge is 2.31. The van der Waals surface area contributed by atoms with Crippen molar-refractivity contribution < 1.29 is 4.79 Å².